The molecule has 4 nitrogen and oxygen atoms in total. The highest BCUT2D eigenvalue weighted by Crippen LogP contribution is 2.26. The Morgan fingerprint density at radius 3 is 2.52 bits per heavy atom. The van der Waals surface area contributed by atoms with Gasteiger partial charge in [0.1, 0.15) is 12.4 Å². The number of benzene rings is 2. The first-order valence-electron chi connectivity index (χ1n) is 10.7. The number of fused-ring (bicyclic) bond motifs is 1. The van der Waals surface area contributed by atoms with E-state index in [1.165, 1.54) is 17.2 Å². The number of halogens is 1. The molecular formula is C24H31FN3O+. The van der Waals surface area contributed by atoms with Gasteiger partial charge in [0.15, 0.2) is 0 Å². The molecule has 4 rings (SSSR count). The zero-order valence-electron chi connectivity index (χ0n) is 17.5. The van der Waals surface area contributed by atoms with Crippen molar-refractivity contribution in [2.24, 2.45) is 0 Å². The average Bonchev–Trinajstić information content (AvgIpc) is 2.73. The van der Waals surface area contributed by atoms with Crippen molar-refractivity contribution >= 4 is 5.91 Å². The molecule has 29 heavy (non-hydrogen) atoms. The van der Waals surface area contributed by atoms with Gasteiger partial charge < -0.3 is 0 Å². The van der Waals surface area contributed by atoms with E-state index in [9.17, 15) is 9.18 Å². The van der Waals surface area contributed by atoms with Crippen LogP contribution in [0, 0.1) is 5.82 Å². The van der Waals surface area contributed by atoms with E-state index < -0.39 is 0 Å². The standard InChI is InChI=1S/C24H30FN3O/c1-18(2)27-10-12-28(13-11-27)24(29)17-26-9-8-21-14-20(6-7-22(21)16-26)19-4-3-5-23(25)15-19/h3-7,14-15,18H,8-13,16-17H2,1-2H3/p+1. The lowest BCUT2D eigenvalue weighted by atomic mass is 9.94. The normalized spacial score (nSPS) is 18.8. The quantitative estimate of drug-likeness (QED) is 0.857. The Kier molecular flexibility index (Phi) is 6.09. The van der Waals surface area contributed by atoms with Gasteiger partial charge >= 0.3 is 5.91 Å². The second-order valence-electron chi connectivity index (χ2n) is 8.61. The molecule has 0 saturated carbocycles. The molecular weight excluding hydrogens is 365 g/mol. The predicted octanol–water partition coefficient (Wildman–Crippen LogP) is 1.99. The summed E-state index contributed by atoms with van der Waals surface area (Å²) in [6.45, 7) is 10.5. The summed E-state index contributed by atoms with van der Waals surface area (Å²) >= 11 is 0. The van der Waals surface area contributed by atoms with Gasteiger partial charge in [0.2, 0.25) is 0 Å². The maximum atomic E-state index is 13.5. The SMILES string of the molecule is CC(C)N1CC[NH+](C(=O)CN2CCc3cc(-c4cccc(F)c4)ccc3C2)CC1. The molecule has 2 aromatic carbocycles. The molecule has 1 saturated heterocycles. The van der Waals surface area contributed by atoms with Gasteiger partial charge in [-0.1, -0.05) is 30.3 Å². The molecule has 0 unspecified atom stereocenters. The summed E-state index contributed by atoms with van der Waals surface area (Å²) in [5, 5.41) is 0. The lowest BCUT2D eigenvalue weighted by molar-refractivity contribution is -0.826. The van der Waals surface area contributed by atoms with Crippen molar-refractivity contribution in [3.8, 4) is 11.1 Å². The number of nitrogens with one attached hydrogen (secondary N) is 1. The number of piperazine rings is 1. The minimum absolute atomic E-state index is 0.207. The Hall–Kier alpha value is -2.08. The zero-order chi connectivity index (χ0) is 20.4. The third kappa shape index (κ3) is 4.74. The van der Waals surface area contributed by atoms with Crippen LogP contribution in [-0.2, 0) is 17.8 Å². The van der Waals surface area contributed by atoms with Gasteiger partial charge in [0.05, 0.1) is 13.1 Å². The van der Waals surface area contributed by atoms with E-state index in [1.807, 2.05) is 6.07 Å². The minimum Gasteiger partial charge on any atom is -0.290 e. The highest BCUT2D eigenvalue weighted by molar-refractivity contribution is 5.69. The lowest BCUT2D eigenvalue weighted by Crippen LogP contribution is -3.18. The Bertz CT molecular complexity index is 874. The second kappa shape index (κ2) is 8.74. The zero-order valence-corrected chi connectivity index (χ0v) is 17.5. The molecule has 0 aliphatic carbocycles. The van der Waals surface area contributed by atoms with Crippen LogP contribution in [-0.4, -0.2) is 61.0 Å². The monoisotopic (exact) mass is 396 g/mol. The third-order valence-electron chi connectivity index (χ3n) is 6.35. The van der Waals surface area contributed by atoms with Crippen LogP contribution in [0.1, 0.15) is 25.0 Å². The van der Waals surface area contributed by atoms with E-state index in [1.54, 1.807) is 12.1 Å². The molecule has 1 amide bonds. The topological polar surface area (TPSA) is 28.0 Å². The first-order valence-corrected chi connectivity index (χ1v) is 10.7. The maximum Gasteiger partial charge on any atom is 0.326 e. The molecule has 0 atom stereocenters. The van der Waals surface area contributed by atoms with Gasteiger partial charge in [0.25, 0.3) is 0 Å². The molecule has 1 N–H and O–H groups in total. The average molecular weight is 397 g/mol. The fraction of sp³-hybridized carbons (Fsp3) is 0.458. The fourth-order valence-electron chi connectivity index (χ4n) is 4.50. The van der Waals surface area contributed by atoms with Crippen molar-refractivity contribution in [2.45, 2.75) is 32.9 Å². The number of rotatable bonds is 4. The molecule has 0 bridgehead atoms. The Labute approximate surface area is 172 Å². The summed E-state index contributed by atoms with van der Waals surface area (Å²) in [6, 6.07) is 13.7. The van der Waals surface area contributed by atoms with Crippen LogP contribution in [0.2, 0.25) is 0 Å². The van der Waals surface area contributed by atoms with Crippen molar-refractivity contribution in [3.63, 3.8) is 0 Å². The van der Waals surface area contributed by atoms with Crippen LogP contribution in [0.15, 0.2) is 42.5 Å². The fourth-order valence-corrected chi connectivity index (χ4v) is 4.50. The second-order valence-corrected chi connectivity index (χ2v) is 8.61. The molecule has 2 aliphatic heterocycles. The van der Waals surface area contributed by atoms with Crippen LogP contribution in [0.4, 0.5) is 4.39 Å². The summed E-state index contributed by atoms with van der Waals surface area (Å²) in [5.41, 5.74) is 4.56. The highest BCUT2D eigenvalue weighted by Gasteiger charge is 2.29. The van der Waals surface area contributed by atoms with Crippen LogP contribution in [0.5, 0.6) is 0 Å². The number of amides is 1. The summed E-state index contributed by atoms with van der Waals surface area (Å²) in [5.74, 6) is 0.120. The molecule has 0 radical (unpaired) electrons. The molecule has 154 valence electrons. The molecule has 2 heterocycles. The molecule has 1 fully saturated rings. The van der Waals surface area contributed by atoms with Crippen molar-refractivity contribution in [2.75, 3.05) is 39.3 Å². The lowest BCUT2D eigenvalue weighted by Gasteiger charge is -2.34. The first kappa shape index (κ1) is 20.2. The van der Waals surface area contributed by atoms with Gasteiger partial charge in [-0.3, -0.25) is 14.7 Å². The van der Waals surface area contributed by atoms with E-state index in [2.05, 4.69) is 41.8 Å². The number of nitrogens with zero attached hydrogens (tertiary/aromatic N) is 2. The van der Waals surface area contributed by atoms with Gasteiger partial charge in [-0.25, -0.2) is 9.18 Å². The highest BCUT2D eigenvalue weighted by atomic mass is 19.1. The number of hydrogen-bond donors (Lipinski definition) is 1. The summed E-state index contributed by atoms with van der Waals surface area (Å²) in [4.78, 5) is 18.6. The van der Waals surface area contributed by atoms with Gasteiger partial charge in [0, 0.05) is 32.2 Å². The minimum atomic E-state index is -0.207. The third-order valence-corrected chi connectivity index (χ3v) is 6.35. The van der Waals surface area contributed by atoms with Crippen molar-refractivity contribution in [1.29, 1.82) is 0 Å². The van der Waals surface area contributed by atoms with Crippen molar-refractivity contribution in [3.05, 3.63) is 59.4 Å². The van der Waals surface area contributed by atoms with E-state index in [-0.39, 0.29) is 5.82 Å². The number of carbonyl (C=O) groups excluding carboxylic acids is 1. The Morgan fingerprint density at radius 2 is 1.79 bits per heavy atom. The van der Waals surface area contributed by atoms with Crippen LogP contribution in [0.25, 0.3) is 11.1 Å². The molecule has 0 spiro atoms. The number of hydrogen-bond acceptors (Lipinski definition) is 3. The van der Waals surface area contributed by atoms with Gasteiger partial charge in [-0.05, 0) is 54.7 Å². The summed E-state index contributed by atoms with van der Waals surface area (Å²) in [6.07, 6.45) is 0.933. The van der Waals surface area contributed by atoms with E-state index in [4.69, 9.17) is 0 Å². The predicted molar refractivity (Wildman–Crippen MR) is 113 cm³/mol. The van der Waals surface area contributed by atoms with E-state index >= 15 is 0 Å². The molecule has 2 aliphatic rings. The van der Waals surface area contributed by atoms with E-state index in [0.29, 0.717) is 18.5 Å². The van der Waals surface area contributed by atoms with Crippen LogP contribution < -0.4 is 4.90 Å². The first-order chi connectivity index (χ1) is 14.0. The molecule has 5 heteroatoms. The smallest absolute Gasteiger partial charge is 0.290 e. The molecule has 0 aromatic heterocycles. The van der Waals surface area contributed by atoms with E-state index in [0.717, 1.165) is 61.7 Å². The van der Waals surface area contributed by atoms with Crippen LogP contribution in [0.3, 0.4) is 0 Å². The largest absolute Gasteiger partial charge is 0.326 e. The molecule has 2 aromatic rings. The summed E-state index contributed by atoms with van der Waals surface area (Å²) < 4.78 is 13.5. The van der Waals surface area contributed by atoms with Crippen molar-refractivity contribution in [1.82, 2.24) is 9.80 Å². The summed E-state index contributed by atoms with van der Waals surface area (Å²) in [7, 11) is 0. The van der Waals surface area contributed by atoms with Gasteiger partial charge in [-0.15, -0.1) is 0 Å². The number of carbonyl (C=O) groups is 1. The van der Waals surface area contributed by atoms with Gasteiger partial charge in [-0.2, -0.15) is 0 Å². The van der Waals surface area contributed by atoms with Crippen molar-refractivity contribution < 1.29 is 14.1 Å². The number of quaternary nitrogens is 1. The maximum absolute atomic E-state index is 13.5. The Morgan fingerprint density at radius 1 is 1.03 bits per heavy atom. The Balaban J connectivity index is 1.36. The van der Waals surface area contributed by atoms with Crippen LogP contribution >= 0.6 is 0 Å².